The van der Waals surface area contributed by atoms with Gasteiger partial charge in [-0.2, -0.15) is 0 Å². The Bertz CT molecular complexity index is 448. The fourth-order valence-electron chi connectivity index (χ4n) is 1.51. The molecule has 2 rings (SSSR count). The third-order valence-electron chi connectivity index (χ3n) is 2.38. The maximum Gasteiger partial charge on any atom is 0.0949 e. The number of halogens is 1. The average Bonchev–Trinajstić information content (AvgIpc) is 2.69. The normalized spacial score (nSPS) is 10.5. The molecule has 15 heavy (non-hydrogen) atoms. The number of aromatic nitrogens is 2. The summed E-state index contributed by atoms with van der Waals surface area (Å²) in [5.74, 6) is 0. The summed E-state index contributed by atoms with van der Waals surface area (Å²) in [5, 5.41) is 0.809. The molecule has 1 aromatic heterocycles. The zero-order valence-corrected chi connectivity index (χ0v) is 9.41. The molecule has 0 atom stereocenters. The monoisotopic (exact) mass is 220 g/mol. The van der Waals surface area contributed by atoms with Crippen molar-refractivity contribution >= 4 is 11.6 Å². The molecule has 3 heteroatoms. The van der Waals surface area contributed by atoms with Gasteiger partial charge in [0, 0.05) is 24.2 Å². The Morgan fingerprint density at radius 2 is 2.13 bits per heavy atom. The van der Waals surface area contributed by atoms with Crippen LogP contribution >= 0.6 is 11.6 Å². The highest BCUT2D eigenvalue weighted by molar-refractivity contribution is 6.31. The molecular formula is C12H13ClN2. The van der Waals surface area contributed by atoms with Gasteiger partial charge in [-0.25, -0.2) is 4.98 Å². The highest BCUT2D eigenvalue weighted by atomic mass is 35.5. The summed E-state index contributed by atoms with van der Waals surface area (Å²) >= 11 is 6.08. The van der Waals surface area contributed by atoms with Crippen molar-refractivity contribution < 1.29 is 0 Å². The molecule has 0 unspecified atom stereocenters. The number of hydrogen-bond acceptors (Lipinski definition) is 1. The summed E-state index contributed by atoms with van der Waals surface area (Å²) in [6, 6.07) is 7.88. The van der Waals surface area contributed by atoms with Crippen LogP contribution in [0.2, 0.25) is 5.02 Å². The Kier molecular flexibility index (Phi) is 3.07. The summed E-state index contributed by atoms with van der Waals surface area (Å²) in [6.45, 7) is 3.05. The third kappa shape index (κ3) is 2.39. The third-order valence-corrected chi connectivity index (χ3v) is 2.75. The van der Waals surface area contributed by atoms with Gasteiger partial charge >= 0.3 is 0 Å². The molecule has 0 N–H and O–H groups in total. The molecule has 2 aromatic rings. The van der Waals surface area contributed by atoms with Crippen LogP contribution in [0.25, 0.3) is 0 Å². The van der Waals surface area contributed by atoms with Gasteiger partial charge in [-0.1, -0.05) is 29.8 Å². The van der Waals surface area contributed by atoms with Crippen LogP contribution in [0.5, 0.6) is 0 Å². The molecule has 0 saturated carbocycles. The van der Waals surface area contributed by atoms with Gasteiger partial charge in [0.15, 0.2) is 0 Å². The average molecular weight is 221 g/mol. The second-order valence-corrected chi connectivity index (χ2v) is 3.87. The van der Waals surface area contributed by atoms with E-state index in [9.17, 15) is 0 Å². The number of nitrogens with zero attached hydrogens (tertiary/aromatic N) is 2. The Morgan fingerprint density at radius 1 is 1.33 bits per heavy atom. The van der Waals surface area contributed by atoms with E-state index in [-0.39, 0.29) is 0 Å². The largest absolute Gasteiger partial charge is 0.337 e. The van der Waals surface area contributed by atoms with E-state index in [0.717, 1.165) is 29.2 Å². The second-order valence-electron chi connectivity index (χ2n) is 3.46. The van der Waals surface area contributed by atoms with Crippen LogP contribution in [0.15, 0.2) is 36.8 Å². The fraction of sp³-hybridized carbons (Fsp3) is 0.250. The molecule has 2 nitrogen and oxygen atoms in total. The minimum Gasteiger partial charge on any atom is -0.337 e. The summed E-state index contributed by atoms with van der Waals surface area (Å²) < 4.78 is 2.06. The zero-order valence-electron chi connectivity index (χ0n) is 8.65. The minimum absolute atomic E-state index is 0.798. The van der Waals surface area contributed by atoms with Gasteiger partial charge in [0.1, 0.15) is 0 Å². The smallest absolute Gasteiger partial charge is 0.0949 e. The van der Waals surface area contributed by atoms with Crippen molar-refractivity contribution in [1.82, 2.24) is 9.55 Å². The molecule has 0 amide bonds. The lowest BCUT2D eigenvalue weighted by molar-refractivity contribution is 0.761. The Hall–Kier alpha value is -1.28. The molecule has 1 heterocycles. The van der Waals surface area contributed by atoms with Crippen LogP contribution in [0.3, 0.4) is 0 Å². The number of benzene rings is 1. The van der Waals surface area contributed by atoms with Crippen molar-refractivity contribution in [3.8, 4) is 0 Å². The van der Waals surface area contributed by atoms with Crippen molar-refractivity contribution in [3.63, 3.8) is 0 Å². The predicted octanol–water partition coefficient (Wildman–Crippen LogP) is 3.15. The SMILES string of the molecule is CCn1cnc(Cc2ccccc2Cl)c1. The predicted molar refractivity (Wildman–Crippen MR) is 62.2 cm³/mol. The molecule has 0 fully saturated rings. The minimum atomic E-state index is 0.798. The van der Waals surface area contributed by atoms with E-state index < -0.39 is 0 Å². The Balaban J connectivity index is 2.18. The first-order chi connectivity index (χ1) is 7.29. The lowest BCUT2D eigenvalue weighted by Crippen LogP contribution is -1.90. The molecule has 0 aliphatic rings. The van der Waals surface area contributed by atoms with E-state index in [4.69, 9.17) is 11.6 Å². The molecule has 1 aromatic carbocycles. The van der Waals surface area contributed by atoms with Gasteiger partial charge < -0.3 is 4.57 Å². The molecule has 0 spiro atoms. The molecule has 0 aliphatic carbocycles. The van der Waals surface area contributed by atoms with Crippen molar-refractivity contribution in [1.29, 1.82) is 0 Å². The van der Waals surface area contributed by atoms with Crippen LogP contribution in [-0.4, -0.2) is 9.55 Å². The lowest BCUT2D eigenvalue weighted by atomic mass is 10.1. The van der Waals surface area contributed by atoms with E-state index in [1.54, 1.807) is 0 Å². The fourth-order valence-corrected chi connectivity index (χ4v) is 1.71. The summed E-state index contributed by atoms with van der Waals surface area (Å²) in [5.41, 5.74) is 2.19. The Labute approximate surface area is 94.5 Å². The van der Waals surface area contributed by atoms with Gasteiger partial charge in [0.2, 0.25) is 0 Å². The second kappa shape index (κ2) is 4.49. The summed E-state index contributed by atoms with van der Waals surface area (Å²) in [7, 11) is 0. The standard InChI is InChI=1S/C12H13ClN2/c1-2-15-8-11(14-9-15)7-10-5-3-4-6-12(10)13/h3-6,8-9H,2,7H2,1H3. The number of aryl methyl sites for hydroxylation is 1. The zero-order chi connectivity index (χ0) is 10.7. The highest BCUT2D eigenvalue weighted by Crippen LogP contribution is 2.17. The number of hydrogen-bond donors (Lipinski definition) is 0. The molecule has 0 radical (unpaired) electrons. The van der Waals surface area contributed by atoms with Crippen LogP contribution in [0.1, 0.15) is 18.2 Å². The van der Waals surface area contributed by atoms with Crippen LogP contribution in [0, 0.1) is 0 Å². The number of rotatable bonds is 3. The van der Waals surface area contributed by atoms with Crippen molar-refractivity contribution in [2.24, 2.45) is 0 Å². The van der Waals surface area contributed by atoms with E-state index in [2.05, 4.69) is 22.7 Å². The topological polar surface area (TPSA) is 17.8 Å². The Morgan fingerprint density at radius 3 is 2.80 bits per heavy atom. The van der Waals surface area contributed by atoms with Gasteiger partial charge in [0.25, 0.3) is 0 Å². The molecule has 0 bridgehead atoms. The molecule has 0 saturated heterocycles. The molecule has 78 valence electrons. The van der Waals surface area contributed by atoms with Crippen molar-refractivity contribution in [2.75, 3.05) is 0 Å². The van der Waals surface area contributed by atoms with Gasteiger partial charge in [-0.05, 0) is 18.6 Å². The maximum atomic E-state index is 6.08. The molecular weight excluding hydrogens is 208 g/mol. The lowest BCUT2D eigenvalue weighted by Gasteiger charge is -2.00. The maximum absolute atomic E-state index is 6.08. The van der Waals surface area contributed by atoms with Crippen LogP contribution in [-0.2, 0) is 13.0 Å². The van der Waals surface area contributed by atoms with Gasteiger partial charge in [-0.3, -0.25) is 0 Å². The quantitative estimate of drug-likeness (QED) is 0.777. The highest BCUT2D eigenvalue weighted by Gasteiger charge is 2.02. The van der Waals surface area contributed by atoms with E-state index in [0.29, 0.717) is 0 Å². The van der Waals surface area contributed by atoms with E-state index >= 15 is 0 Å². The molecule has 0 aliphatic heterocycles. The summed E-state index contributed by atoms with van der Waals surface area (Å²) in [6.07, 6.45) is 4.71. The summed E-state index contributed by atoms with van der Waals surface area (Å²) in [4.78, 5) is 4.33. The van der Waals surface area contributed by atoms with Gasteiger partial charge in [0.05, 0.1) is 12.0 Å². The van der Waals surface area contributed by atoms with Crippen LogP contribution < -0.4 is 0 Å². The van der Waals surface area contributed by atoms with Crippen LogP contribution in [0.4, 0.5) is 0 Å². The first kappa shape index (κ1) is 10.2. The van der Waals surface area contributed by atoms with Crippen molar-refractivity contribution in [2.45, 2.75) is 19.9 Å². The van der Waals surface area contributed by atoms with E-state index in [1.807, 2.05) is 30.6 Å². The van der Waals surface area contributed by atoms with Gasteiger partial charge in [-0.15, -0.1) is 0 Å². The first-order valence-corrected chi connectivity index (χ1v) is 5.41. The van der Waals surface area contributed by atoms with E-state index in [1.165, 1.54) is 0 Å². The van der Waals surface area contributed by atoms with Crippen molar-refractivity contribution in [3.05, 3.63) is 53.1 Å². The first-order valence-electron chi connectivity index (χ1n) is 5.03. The number of imidazole rings is 1.